The summed E-state index contributed by atoms with van der Waals surface area (Å²) in [5, 5.41) is 5.86. The van der Waals surface area contributed by atoms with Crippen molar-refractivity contribution in [3.8, 4) is 5.75 Å². The number of amides is 1. The van der Waals surface area contributed by atoms with E-state index in [0.717, 1.165) is 30.8 Å². The summed E-state index contributed by atoms with van der Waals surface area (Å²) >= 11 is 0. The molecule has 0 spiro atoms. The minimum atomic E-state index is -5.71. The molecule has 2 rings (SSSR count). The third-order valence-electron chi connectivity index (χ3n) is 3.99. The quantitative estimate of drug-likeness (QED) is 0.576. The van der Waals surface area contributed by atoms with E-state index in [0.29, 0.717) is 5.82 Å². The zero-order chi connectivity index (χ0) is 22.4. The van der Waals surface area contributed by atoms with Crippen molar-refractivity contribution in [2.24, 2.45) is 0 Å². The molecule has 0 aliphatic rings. The fourth-order valence-corrected chi connectivity index (χ4v) is 2.28. The molecule has 2 heterocycles. The first kappa shape index (κ1) is 23.3. The topological polar surface area (TPSA) is 76.1 Å². The first-order valence-electron chi connectivity index (χ1n) is 9.07. The minimum Gasteiger partial charge on any atom is -0.485 e. The zero-order valence-electron chi connectivity index (χ0n) is 16.3. The third-order valence-corrected chi connectivity index (χ3v) is 3.99. The fraction of sp³-hybridized carbons (Fsp3) is 0.421. The van der Waals surface area contributed by atoms with Crippen molar-refractivity contribution in [1.29, 1.82) is 0 Å². The summed E-state index contributed by atoms with van der Waals surface area (Å²) in [5.41, 5.74) is 0.751. The fourth-order valence-electron chi connectivity index (χ4n) is 2.28. The Morgan fingerprint density at radius 2 is 1.90 bits per heavy atom. The first-order chi connectivity index (χ1) is 14.0. The van der Waals surface area contributed by atoms with Crippen LogP contribution in [-0.4, -0.2) is 41.1 Å². The number of aromatic nitrogens is 2. The van der Waals surface area contributed by atoms with Gasteiger partial charge in [-0.2, -0.15) is 22.0 Å². The van der Waals surface area contributed by atoms with Gasteiger partial charge >= 0.3 is 12.1 Å². The van der Waals surface area contributed by atoms with E-state index in [2.05, 4.69) is 25.3 Å². The van der Waals surface area contributed by atoms with Crippen molar-refractivity contribution in [1.82, 2.24) is 15.3 Å². The van der Waals surface area contributed by atoms with E-state index in [1.54, 1.807) is 25.3 Å². The number of carbonyl (C=O) groups is 1. The third kappa shape index (κ3) is 6.26. The van der Waals surface area contributed by atoms with Crippen LogP contribution in [0.15, 0.2) is 36.7 Å². The number of hydrogen-bond acceptors (Lipinski definition) is 5. The largest absolute Gasteiger partial charge is 0.485 e. The maximum atomic E-state index is 12.9. The molecule has 164 valence electrons. The lowest BCUT2D eigenvalue weighted by Gasteiger charge is -2.19. The molecule has 0 aliphatic heterocycles. The molecule has 2 aromatic heterocycles. The van der Waals surface area contributed by atoms with E-state index in [1.165, 1.54) is 6.07 Å². The minimum absolute atomic E-state index is 0.0461. The van der Waals surface area contributed by atoms with Gasteiger partial charge in [0.1, 0.15) is 17.3 Å². The number of carbonyl (C=O) groups excluding carboxylic acids is 1. The lowest BCUT2D eigenvalue weighted by molar-refractivity contribution is -0.290. The van der Waals surface area contributed by atoms with E-state index < -0.39 is 24.6 Å². The van der Waals surface area contributed by atoms with Gasteiger partial charge in [-0.25, -0.2) is 9.97 Å². The van der Waals surface area contributed by atoms with Gasteiger partial charge in [0.2, 0.25) is 0 Å². The number of alkyl halides is 5. The molecule has 1 amide bonds. The summed E-state index contributed by atoms with van der Waals surface area (Å²) in [5.74, 6) is -5.18. The summed E-state index contributed by atoms with van der Waals surface area (Å²) in [6.45, 7) is 2.65. The number of anilines is 1. The Hall–Kier alpha value is -2.98. The molecule has 0 saturated heterocycles. The number of rotatable bonds is 9. The van der Waals surface area contributed by atoms with Gasteiger partial charge in [0, 0.05) is 12.7 Å². The second-order valence-electron chi connectivity index (χ2n) is 6.47. The van der Waals surface area contributed by atoms with Gasteiger partial charge in [0.25, 0.3) is 5.91 Å². The predicted molar refractivity (Wildman–Crippen MR) is 99.6 cm³/mol. The second-order valence-corrected chi connectivity index (χ2v) is 6.47. The van der Waals surface area contributed by atoms with Gasteiger partial charge in [-0.1, -0.05) is 6.92 Å². The van der Waals surface area contributed by atoms with Crippen molar-refractivity contribution in [2.75, 3.05) is 18.5 Å². The Morgan fingerprint density at radius 3 is 2.50 bits per heavy atom. The molecular formula is C19H21F5N4O2. The SMILES string of the molecule is CCCNc1cc(C(C)NC(=O)c2ccc(OCC(F)(F)C(F)(F)F)cn2)ccn1. The zero-order valence-corrected chi connectivity index (χ0v) is 16.3. The maximum Gasteiger partial charge on any atom is 0.456 e. The molecule has 0 aromatic carbocycles. The molecule has 0 aliphatic carbocycles. The van der Waals surface area contributed by atoms with Crippen molar-refractivity contribution in [2.45, 2.75) is 38.4 Å². The Kier molecular flexibility index (Phi) is 7.52. The molecule has 0 bridgehead atoms. The highest BCUT2D eigenvalue weighted by Crippen LogP contribution is 2.35. The smallest absolute Gasteiger partial charge is 0.456 e. The maximum absolute atomic E-state index is 12.9. The van der Waals surface area contributed by atoms with E-state index >= 15 is 0 Å². The van der Waals surface area contributed by atoms with Crippen LogP contribution in [0.5, 0.6) is 5.75 Å². The molecule has 11 heteroatoms. The summed E-state index contributed by atoms with van der Waals surface area (Å²) in [6, 6.07) is 5.42. The standard InChI is InChI=1S/C19H21F5N4O2/c1-3-7-25-16-9-13(6-8-26-16)12(2)28-17(29)15-5-4-14(10-27-15)30-11-18(20,21)19(22,23)24/h4-6,8-10,12H,3,7,11H2,1-2H3,(H,25,26)(H,28,29). The molecule has 1 unspecified atom stereocenters. The van der Waals surface area contributed by atoms with Crippen LogP contribution in [-0.2, 0) is 0 Å². The molecule has 0 radical (unpaired) electrons. The van der Waals surface area contributed by atoms with Gasteiger partial charge in [-0.15, -0.1) is 0 Å². The van der Waals surface area contributed by atoms with Crippen LogP contribution in [0.4, 0.5) is 27.8 Å². The van der Waals surface area contributed by atoms with E-state index in [9.17, 15) is 26.7 Å². The number of hydrogen-bond donors (Lipinski definition) is 2. The monoisotopic (exact) mass is 432 g/mol. The van der Waals surface area contributed by atoms with Gasteiger partial charge in [-0.3, -0.25) is 4.79 Å². The highest BCUT2D eigenvalue weighted by molar-refractivity contribution is 5.92. The lowest BCUT2D eigenvalue weighted by atomic mass is 10.1. The van der Waals surface area contributed by atoms with Crippen molar-refractivity contribution in [3.05, 3.63) is 47.9 Å². The Balaban J connectivity index is 1.96. The van der Waals surface area contributed by atoms with Gasteiger partial charge in [-0.05, 0) is 43.2 Å². The Morgan fingerprint density at radius 1 is 1.17 bits per heavy atom. The van der Waals surface area contributed by atoms with Crippen LogP contribution in [0.3, 0.4) is 0 Å². The Labute approximate surface area is 169 Å². The molecular weight excluding hydrogens is 411 g/mol. The summed E-state index contributed by atoms with van der Waals surface area (Å²) in [7, 11) is 0. The summed E-state index contributed by atoms with van der Waals surface area (Å²) < 4.78 is 66.7. The van der Waals surface area contributed by atoms with Crippen molar-refractivity contribution in [3.63, 3.8) is 0 Å². The molecule has 2 aromatic rings. The summed E-state index contributed by atoms with van der Waals surface area (Å²) in [6.07, 6.45) is -2.27. The van der Waals surface area contributed by atoms with E-state index in [1.807, 2.05) is 6.92 Å². The summed E-state index contributed by atoms with van der Waals surface area (Å²) in [4.78, 5) is 20.3. The normalized spacial score (nSPS) is 12.9. The molecule has 1 atom stereocenters. The lowest BCUT2D eigenvalue weighted by Crippen LogP contribution is -2.41. The van der Waals surface area contributed by atoms with Crippen LogP contribution in [0, 0.1) is 0 Å². The average molecular weight is 432 g/mol. The van der Waals surface area contributed by atoms with Crippen LogP contribution < -0.4 is 15.4 Å². The first-order valence-corrected chi connectivity index (χ1v) is 9.07. The number of nitrogens with one attached hydrogen (secondary N) is 2. The highest BCUT2D eigenvalue weighted by Gasteiger charge is 2.58. The van der Waals surface area contributed by atoms with Crippen LogP contribution in [0.2, 0.25) is 0 Å². The molecule has 30 heavy (non-hydrogen) atoms. The van der Waals surface area contributed by atoms with E-state index in [4.69, 9.17) is 0 Å². The number of ether oxygens (including phenoxy) is 1. The molecule has 6 nitrogen and oxygen atoms in total. The second kappa shape index (κ2) is 9.68. The van der Waals surface area contributed by atoms with Crippen molar-refractivity contribution < 1.29 is 31.5 Å². The predicted octanol–water partition coefficient (Wildman–Crippen LogP) is 4.37. The average Bonchev–Trinajstić information content (AvgIpc) is 2.70. The Bertz CT molecular complexity index is 844. The van der Waals surface area contributed by atoms with Crippen LogP contribution in [0.25, 0.3) is 0 Å². The number of halogens is 5. The van der Waals surface area contributed by atoms with Gasteiger partial charge < -0.3 is 15.4 Å². The molecule has 0 fully saturated rings. The number of nitrogens with zero attached hydrogens (tertiary/aromatic N) is 2. The van der Waals surface area contributed by atoms with Gasteiger partial charge in [0.15, 0.2) is 6.61 Å². The van der Waals surface area contributed by atoms with Gasteiger partial charge in [0.05, 0.1) is 12.2 Å². The van der Waals surface area contributed by atoms with Crippen molar-refractivity contribution >= 4 is 11.7 Å². The van der Waals surface area contributed by atoms with Crippen LogP contribution >= 0.6 is 0 Å². The number of pyridine rings is 2. The highest BCUT2D eigenvalue weighted by atomic mass is 19.4. The van der Waals surface area contributed by atoms with E-state index in [-0.39, 0.29) is 17.5 Å². The van der Waals surface area contributed by atoms with Crippen LogP contribution in [0.1, 0.15) is 42.4 Å². The molecule has 2 N–H and O–H groups in total. The molecule has 0 saturated carbocycles.